The highest BCUT2D eigenvalue weighted by molar-refractivity contribution is 7.07. The first-order chi connectivity index (χ1) is 15.6. The smallest absolute Gasteiger partial charge is 0.408 e. The van der Waals surface area contributed by atoms with Crippen LogP contribution in [-0.2, 0) is 9.53 Å². The number of hydrogen-bond acceptors (Lipinski definition) is 7. The van der Waals surface area contributed by atoms with Gasteiger partial charge in [0.1, 0.15) is 23.2 Å². The largest absolute Gasteiger partial charge is 0.444 e. The van der Waals surface area contributed by atoms with Crippen LogP contribution in [0, 0.1) is 0 Å². The first-order valence-electron chi connectivity index (χ1n) is 9.82. The van der Waals surface area contributed by atoms with E-state index in [9.17, 15) is 14.4 Å². The maximum Gasteiger partial charge on any atom is 0.408 e. The van der Waals surface area contributed by atoms with Gasteiger partial charge in [-0.15, -0.1) is 11.3 Å². The minimum atomic E-state index is -1.04. The van der Waals surface area contributed by atoms with E-state index < -0.39 is 23.6 Å². The van der Waals surface area contributed by atoms with Crippen LogP contribution in [0.4, 0.5) is 16.3 Å². The highest BCUT2D eigenvalue weighted by Gasteiger charge is 2.26. The maximum absolute atomic E-state index is 13.0. The van der Waals surface area contributed by atoms with Crippen LogP contribution in [0.3, 0.4) is 0 Å². The van der Waals surface area contributed by atoms with Gasteiger partial charge in [-0.2, -0.15) is 0 Å². The summed E-state index contributed by atoms with van der Waals surface area (Å²) in [5, 5.41) is 10.0. The van der Waals surface area contributed by atoms with Gasteiger partial charge in [0, 0.05) is 10.4 Å². The number of nitrogens with one attached hydrogen (secondary N) is 3. The number of carbonyl (C=O) groups excluding carboxylic acids is 3. The monoisotopic (exact) mass is 487 g/mol. The van der Waals surface area contributed by atoms with Crippen LogP contribution >= 0.6 is 22.9 Å². The van der Waals surface area contributed by atoms with E-state index in [-0.39, 0.29) is 5.91 Å². The zero-order valence-corrected chi connectivity index (χ0v) is 19.7. The maximum atomic E-state index is 13.0. The number of rotatable bonds is 6. The third-order valence-electron chi connectivity index (χ3n) is 4.06. The lowest BCUT2D eigenvalue weighted by Crippen LogP contribution is -2.40. The molecule has 0 aliphatic carbocycles. The zero-order chi connectivity index (χ0) is 24.0. The van der Waals surface area contributed by atoms with Crippen LogP contribution in [0.15, 0.2) is 53.5 Å². The second-order valence-electron chi connectivity index (χ2n) is 7.88. The van der Waals surface area contributed by atoms with Crippen molar-refractivity contribution < 1.29 is 19.1 Å². The number of alkyl carbamates (subject to hydrolysis) is 1. The molecule has 0 spiro atoms. The Hall–Kier alpha value is -3.50. The second-order valence-corrected chi connectivity index (χ2v) is 9.04. The van der Waals surface area contributed by atoms with Crippen LogP contribution in [0.2, 0.25) is 5.02 Å². The van der Waals surface area contributed by atoms with Gasteiger partial charge in [-0.3, -0.25) is 9.59 Å². The minimum Gasteiger partial charge on any atom is -0.444 e. The Bertz CT molecular complexity index is 1110. The summed E-state index contributed by atoms with van der Waals surface area (Å²) in [4.78, 5) is 45.5. The normalized spacial score (nSPS) is 11.9. The average molecular weight is 488 g/mol. The molecule has 3 rings (SSSR count). The van der Waals surface area contributed by atoms with Crippen molar-refractivity contribution in [3.63, 3.8) is 0 Å². The molecule has 1 atom stereocenters. The van der Waals surface area contributed by atoms with Gasteiger partial charge in [0.2, 0.25) is 0 Å². The van der Waals surface area contributed by atoms with E-state index in [1.165, 1.54) is 17.5 Å². The summed E-state index contributed by atoms with van der Waals surface area (Å²) in [7, 11) is 0. The van der Waals surface area contributed by atoms with E-state index in [0.717, 1.165) is 0 Å². The summed E-state index contributed by atoms with van der Waals surface area (Å²) < 4.78 is 5.28. The molecule has 2 aromatic heterocycles. The number of carbonyl (C=O) groups is 3. The van der Waals surface area contributed by atoms with Crippen LogP contribution in [0.5, 0.6) is 0 Å². The number of aromatic nitrogens is 2. The molecule has 0 fully saturated rings. The molecule has 11 heteroatoms. The number of amides is 3. The summed E-state index contributed by atoms with van der Waals surface area (Å²) in [5.41, 5.74) is 2.01. The van der Waals surface area contributed by atoms with Crippen LogP contribution in [0.1, 0.15) is 42.9 Å². The van der Waals surface area contributed by atoms with Gasteiger partial charge in [0.15, 0.2) is 0 Å². The molecule has 172 valence electrons. The van der Waals surface area contributed by atoms with E-state index in [4.69, 9.17) is 16.3 Å². The van der Waals surface area contributed by atoms with Gasteiger partial charge >= 0.3 is 6.09 Å². The predicted molar refractivity (Wildman–Crippen MR) is 126 cm³/mol. The first-order valence-corrected chi connectivity index (χ1v) is 11.1. The summed E-state index contributed by atoms with van der Waals surface area (Å²) >= 11 is 7.26. The minimum absolute atomic E-state index is 0.290. The Morgan fingerprint density at radius 1 is 1.03 bits per heavy atom. The lowest BCUT2D eigenvalue weighted by atomic mass is 10.1. The summed E-state index contributed by atoms with van der Waals surface area (Å²) in [6, 6.07) is 8.59. The lowest BCUT2D eigenvalue weighted by Gasteiger charge is -2.23. The fourth-order valence-electron chi connectivity index (χ4n) is 2.64. The SMILES string of the molecule is CC(C)(C)OC(=O)NC(C(=O)Nc1ccc(NC(=O)c2cscn2)nc1)c1ccc(Cl)cc1. The molecule has 0 aliphatic rings. The van der Waals surface area contributed by atoms with Crippen molar-refractivity contribution in [2.75, 3.05) is 10.6 Å². The van der Waals surface area contributed by atoms with Gasteiger partial charge in [-0.1, -0.05) is 23.7 Å². The van der Waals surface area contributed by atoms with E-state index in [0.29, 0.717) is 27.8 Å². The Balaban J connectivity index is 1.71. The van der Waals surface area contributed by atoms with Crippen molar-refractivity contribution in [2.45, 2.75) is 32.4 Å². The molecule has 3 aromatic rings. The molecule has 0 radical (unpaired) electrons. The molecule has 1 unspecified atom stereocenters. The van der Waals surface area contributed by atoms with E-state index in [1.807, 2.05) is 0 Å². The van der Waals surface area contributed by atoms with E-state index in [2.05, 4.69) is 25.9 Å². The number of ether oxygens (including phenoxy) is 1. The molecular formula is C22H22ClN5O4S. The second kappa shape index (κ2) is 10.4. The molecule has 0 saturated heterocycles. The highest BCUT2D eigenvalue weighted by atomic mass is 35.5. The Morgan fingerprint density at radius 3 is 2.33 bits per heavy atom. The van der Waals surface area contributed by atoms with Crippen molar-refractivity contribution >= 4 is 52.4 Å². The van der Waals surface area contributed by atoms with Crippen LogP contribution < -0.4 is 16.0 Å². The fourth-order valence-corrected chi connectivity index (χ4v) is 3.30. The van der Waals surface area contributed by atoms with Crippen molar-refractivity contribution in [1.29, 1.82) is 0 Å². The van der Waals surface area contributed by atoms with Gasteiger partial charge in [-0.05, 0) is 50.6 Å². The molecule has 2 heterocycles. The van der Waals surface area contributed by atoms with E-state index >= 15 is 0 Å². The lowest BCUT2D eigenvalue weighted by molar-refractivity contribution is -0.118. The molecular weight excluding hydrogens is 466 g/mol. The number of hydrogen-bond donors (Lipinski definition) is 3. The third kappa shape index (κ3) is 7.26. The number of nitrogens with zero attached hydrogens (tertiary/aromatic N) is 2. The first kappa shape index (κ1) is 24.1. The van der Waals surface area contributed by atoms with Crippen molar-refractivity contribution in [3.8, 4) is 0 Å². The molecule has 3 N–H and O–H groups in total. The fraction of sp³-hybridized carbons (Fsp3) is 0.227. The molecule has 0 aliphatic heterocycles. The van der Waals surface area contributed by atoms with Gasteiger partial charge < -0.3 is 20.7 Å². The summed E-state index contributed by atoms with van der Waals surface area (Å²) in [5.74, 6) is -0.596. The highest BCUT2D eigenvalue weighted by Crippen LogP contribution is 2.20. The third-order valence-corrected chi connectivity index (χ3v) is 4.90. The number of halogens is 1. The number of thiazole rings is 1. The van der Waals surface area contributed by atoms with Crippen LogP contribution in [0.25, 0.3) is 0 Å². The van der Waals surface area contributed by atoms with Crippen molar-refractivity contribution in [1.82, 2.24) is 15.3 Å². The Morgan fingerprint density at radius 2 is 1.76 bits per heavy atom. The molecule has 1 aromatic carbocycles. The van der Waals surface area contributed by atoms with Crippen molar-refractivity contribution in [3.05, 3.63) is 69.8 Å². The molecule has 3 amide bonds. The van der Waals surface area contributed by atoms with Gasteiger partial charge in [0.25, 0.3) is 11.8 Å². The predicted octanol–water partition coefficient (Wildman–Crippen LogP) is 4.65. The standard InChI is InChI=1S/C22H22ClN5O4S/c1-22(2,3)32-21(31)28-18(13-4-6-14(23)7-5-13)20(30)26-15-8-9-17(24-10-15)27-19(29)16-11-33-12-25-16/h4-12,18H,1-3H3,(H,26,30)(H,28,31)(H,24,27,29). The molecule has 9 nitrogen and oxygen atoms in total. The number of anilines is 2. The van der Waals surface area contributed by atoms with Crippen molar-refractivity contribution in [2.24, 2.45) is 0 Å². The number of pyridine rings is 1. The van der Waals surface area contributed by atoms with Gasteiger partial charge in [0.05, 0.1) is 17.4 Å². The molecule has 33 heavy (non-hydrogen) atoms. The van der Waals surface area contributed by atoms with Crippen LogP contribution in [-0.4, -0.2) is 33.5 Å². The Labute approximate surface area is 199 Å². The topological polar surface area (TPSA) is 122 Å². The molecule has 0 bridgehead atoms. The number of benzene rings is 1. The zero-order valence-electron chi connectivity index (χ0n) is 18.1. The van der Waals surface area contributed by atoms with E-state index in [1.54, 1.807) is 68.1 Å². The molecule has 0 saturated carbocycles. The quantitative estimate of drug-likeness (QED) is 0.465. The van der Waals surface area contributed by atoms with Gasteiger partial charge in [-0.25, -0.2) is 14.8 Å². The average Bonchev–Trinajstić information content (AvgIpc) is 3.28. The summed E-state index contributed by atoms with van der Waals surface area (Å²) in [6.07, 6.45) is 0.650. The summed E-state index contributed by atoms with van der Waals surface area (Å²) in [6.45, 7) is 5.18. The Kier molecular flexibility index (Phi) is 7.62.